The Kier molecular flexibility index (Phi) is 23.0. The van der Waals surface area contributed by atoms with Crippen LogP contribution in [0.3, 0.4) is 0 Å². The molecule has 6 aliphatic rings. The fourth-order valence-electron chi connectivity index (χ4n) is 15.4. The van der Waals surface area contributed by atoms with Crippen molar-refractivity contribution in [3.05, 3.63) is 118 Å². The number of likely N-dealkylation sites (tertiary alicyclic amines) is 3. The molecule has 7 atom stereocenters. The quantitative estimate of drug-likeness (QED) is 0.0283. The number of carbonyl (C=O) groups excluding carboxylic acids is 6. The van der Waals surface area contributed by atoms with Gasteiger partial charge in [0.1, 0.15) is 41.7 Å². The van der Waals surface area contributed by atoms with Crippen LogP contribution in [-0.2, 0) is 48.4 Å². The third kappa shape index (κ3) is 18.6. The highest BCUT2D eigenvalue weighted by Gasteiger charge is 2.47. The first-order valence-electron chi connectivity index (χ1n) is 35.4. The van der Waals surface area contributed by atoms with Gasteiger partial charge >= 0.3 is 0 Å². The number of nitrogens with one attached hydrogen (secondary N) is 6. The van der Waals surface area contributed by atoms with Gasteiger partial charge in [-0.15, -0.1) is 11.3 Å². The Hall–Kier alpha value is -7.71. The van der Waals surface area contributed by atoms with Gasteiger partial charge in [-0.1, -0.05) is 83.1 Å². The Morgan fingerprint density at radius 1 is 0.798 bits per heavy atom. The highest BCUT2D eigenvalue weighted by Crippen LogP contribution is 2.41. The summed E-state index contributed by atoms with van der Waals surface area (Å²) in [6.45, 7) is 21.6. The third-order valence-corrected chi connectivity index (χ3v) is 22.4. The second-order valence-corrected chi connectivity index (χ2v) is 31.5. The zero-order valence-corrected chi connectivity index (χ0v) is 59.6. The average molecular weight is 1380 g/mol. The van der Waals surface area contributed by atoms with Crippen LogP contribution in [0.2, 0.25) is 0 Å². The molecule has 99 heavy (non-hydrogen) atoms. The summed E-state index contributed by atoms with van der Waals surface area (Å²) in [5, 5.41) is 29.3. The van der Waals surface area contributed by atoms with E-state index in [1.54, 1.807) is 16.2 Å². The number of benzene rings is 3. The number of aromatic nitrogens is 3. The second-order valence-electron chi connectivity index (χ2n) is 30.6. The number of anilines is 3. The van der Waals surface area contributed by atoms with Crippen molar-refractivity contribution in [3.63, 3.8) is 0 Å². The lowest BCUT2D eigenvalue weighted by Crippen LogP contribution is -2.66. The number of rotatable bonds is 25. The van der Waals surface area contributed by atoms with Crippen molar-refractivity contribution in [3.8, 4) is 10.4 Å². The van der Waals surface area contributed by atoms with E-state index >= 15 is 8.78 Å². The lowest BCUT2D eigenvalue weighted by molar-refractivity contribution is -0.144. The monoisotopic (exact) mass is 1380 g/mol. The Morgan fingerprint density at radius 2 is 1.51 bits per heavy atom. The highest BCUT2D eigenvalue weighted by atomic mass is 32.1. The van der Waals surface area contributed by atoms with Crippen LogP contribution in [0.15, 0.2) is 78.6 Å². The molecule has 5 aliphatic heterocycles. The minimum absolute atomic E-state index is 0.0105. The van der Waals surface area contributed by atoms with Crippen LogP contribution in [0.1, 0.15) is 140 Å². The first-order valence-corrected chi connectivity index (χ1v) is 36.3. The first-order chi connectivity index (χ1) is 47.2. The lowest BCUT2D eigenvalue weighted by atomic mass is 9.82. The molecule has 6 amide bonds. The molecule has 534 valence electrons. The summed E-state index contributed by atoms with van der Waals surface area (Å²) in [6.07, 6.45) is 6.60. The maximum atomic E-state index is 15.8. The fourth-order valence-corrected chi connectivity index (χ4v) is 16.2. The van der Waals surface area contributed by atoms with Gasteiger partial charge in [-0.2, -0.15) is 0 Å². The Labute approximate surface area is 585 Å². The fraction of sp³-hybridized carbons (Fsp3) is 0.581. The van der Waals surface area contributed by atoms with Gasteiger partial charge in [-0.05, 0) is 136 Å². The summed E-state index contributed by atoms with van der Waals surface area (Å²) in [5.41, 5.74) is 6.08. The molecule has 5 saturated heterocycles. The molecule has 11 rings (SSSR count). The Bertz CT molecular complexity index is 3670. The number of β-amino-alcohol motifs (C(OH)–C–C–N with tert-alkyl or cyclic N) is 1. The molecule has 1 spiro atoms. The molecule has 5 aromatic rings. The molecule has 0 bridgehead atoms. The number of nitrogens with zero attached hydrogens (tertiary/aromatic N) is 9. The SMILES string of the molecule is Cc1ncsc1-c1ccc([C@H](C)NC(=O)[C@@H]2C[C@@H](O)CN2C(=O)[C@@H](NC(=O)CCC(=O)NCCCN(C)[C@@H]2C[C@@H]3CN(CC(=O)NCc4cccc(CNc5cc(N6CCC7(CC6)CN(c6cc(F)c(CN8CCC(C)(C)CC8)cc6F)CC(=O)N7)ncn5)c4)C[C@@H]3C2)C(C)(C)C)cc1. The van der Waals surface area contributed by atoms with Crippen LogP contribution in [0.25, 0.3) is 10.4 Å². The lowest BCUT2D eigenvalue weighted by Gasteiger charge is -2.48. The molecular formula is C74H101F2N15O7S. The van der Waals surface area contributed by atoms with E-state index in [0.29, 0.717) is 94.5 Å². The van der Waals surface area contributed by atoms with Crippen LogP contribution < -0.4 is 41.7 Å². The molecule has 3 aromatic carbocycles. The zero-order chi connectivity index (χ0) is 70.3. The van der Waals surface area contributed by atoms with Crippen molar-refractivity contribution in [1.29, 1.82) is 0 Å². The van der Waals surface area contributed by atoms with E-state index in [1.165, 1.54) is 23.4 Å². The number of hydrogen-bond acceptors (Lipinski definition) is 17. The van der Waals surface area contributed by atoms with Gasteiger partial charge in [0, 0.05) is 108 Å². The van der Waals surface area contributed by atoms with Gasteiger partial charge in [-0.25, -0.2) is 23.7 Å². The molecular weight excluding hydrogens is 1280 g/mol. The number of piperidine rings is 2. The zero-order valence-electron chi connectivity index (χ0n) is 58.8. The molecule has 6 fully saturated rings. The largest absolute Gasteiger partial charge is 0.391 e. The minimum atomic E-state index is -1.00. The van der Waals surface area contributed by atoms with Gasteiger partial charge in [0.15, 0.2) is 0 Å². The van der Waals surface area contributed by atoms with Gasteiger partial charge < -0.3 is 56.6 Å². The molecule has 22 nitrogen and oxygen atoms in total. The van der Waals surface area contributed by atoms with Crippen LogP contribution >= 0.6 is 11.3 Å². The van der Waals surface area contributed by atoms with Crippen LogP contribution in [0.5, 0.6) is 0 Å². The van der Waals surface area contributed by atoms with Crippen LogP contribution in [0.4, 0.5) is 26.1 Å². The molecule has 7 N–H and O–H groups in total. The molecule has 7 heterocycles. The summed E-state index contributed by atoms with van der Waals surface area (Å²) < 4.78 is 31.4. The highest BCUT2D eigenvalue weighted by molar-refractivity contribution is 7.13. The predicted octanol–water partition coefficient (Wildman–Crippen LogP) is 7.31. The number of piperazine rings is 1. The van der Waals surface area contributed by atoms with E-state index in [4.69, 9.17) is 0 Å². The van der Waals surface area contributed by atoms with E-state index in [9.17, 15) is 33.9 Å². The number of halogens is 2. The topological polar surface area (TPSA) is 253 Å². The number of aliphatic hydroxyl groups excluding tert-OH is 1. The van der Waals surface area contributed by atoms with Gasteiger partial charge in [0.25, 0.3) is 0 Å². The number of carbonyl (C=O) groups is 6. The smallest absolute Gasteiger partial charge is 0.246 e. The molecule has 1 aliphatic carbocycles. The Balaban J connectivity index is 0.550. The number of aryl methyl sites for hydroxylation is 1. The number of fused-ring (bicyclic) bond motifs is 1. The minimum Gasteiger partial charge on any atom is -0.391 e. The summed E-state index contributed by atoms with van der Waals surface area (Å²) in [5.74, 6) is -0.321. The van der Waals surface area contributed by atoms with Gasteiger partial charge in [-0.3, -0.25) is 38.6 Å². The van der Waals surface area contributed by atoms with Crippen LogP contribution in [0, 0.1) is 41.2 Å². The van der Waals surface area contributed by atoms with Crippen molar-refractivity contribution in [2.75, 3.05) is 101 Å². The maximum absolute atomic E-state index is 15.8. The molecule has 0 radical (unpaired) electrons. The van der Waals surface area contributed by atoms with Crippen molar-refractivity contribution in [1.82, 2.24) is 61.1 Å². The van der Waals surface area contributed by atoms with Crippen LogP contribution in [-0.4, -0.2) is 190 Å². The van der Waals surface area contributed by atoms with E-state index in [0.717, 1.165) is 103 Å². The number of amides is 6. The van der Waals surface area contributed by atoms with Crippen molar-refractivity contribution >= 4 is 64.1 Å². The summed E-state index contributed by atoms with van der Waals surface area (Å²) in [7, 11) is 2.13. The van der Waals surface area contributed by atoms with Gasteiger partial charge in [0.05, 0.1) is 52.5 Å². The normalized spacial score (nSPS) is 22.2. The number of thiazole rings is 1. The first kappa shape index (κ1) is 72.5. The van der Waals surface area contributed by atoms with Crippen molar-refractivity contribution < 1.29 is 42.7 Å². The maximum Gasteiger partial charge on any atom is 0.246 e. The second kappa shape index (κ2) is 31.5. The standard InChI is InChI=1S/C74H101F2N15O7S/c1-47(51-13-15-52(16-14-51)68-48(2)82-46-99-68)83-70(97)61-33-57(92)41-91(61)71(98)69(72(3,4)5)84-65(94)18-17-64(93)77-23-10-24-86(8)56-30-53-38-88(39-54(53)31-56)42-66(95)79-37-50-12-9-11-49(29-50)36-78-62-35-63(81-45-80-62)89-27-21-74(22-28-89)44-90(43-67(96)85-74)60-34-58(75)55(32-59(60)76)40-87-25-19-73(6,7)20-26-87/h9,11-16,29,32,34-35,45-47,53-54,56-57,61,69,92H,10,17-28,30-31,33,36-44H2,1-8H3,(H,77,93)(H,79,95)(H,83,97)(H,84,94)(H,85,96)(H,78,80,81)/t47-,53-,54+,56-,57+,61-,69+/m0/s1. The van der Waals surface area contributed by atoms with E-state index in [1.807, 2.05) is 88.7 Å². The number of aliphatic hydroxyl groups is 1. The summed E-state index contributed by atoms with van der Waals surface area (Å²) >= 11 is 1.57. The molecule has 2 aromatic heterocycles. The molecule has 1 saturated carbocycles. The van der Waals surface area contributed by atoms with E-state index in [2.05, 4.69) is 93.4 Å². The Morgan fingerprint density at radius 3 is 2.20 bits per heavy atom. The van der Waals surface area contributed by atoms with Gasteiger partial charge in [0.2, 0.25) is 35.4 Å². The van der Waals surface area contributed by atoms with E-state index < -0.39 is 52.6 Å². The summed E-state index contributed by atoms with van der Waals surface area (Å²) in [4.78, 5) is 107. The van der Waals surface area contributed by atoms with E-state index in [-0.39, 0.29) is 73.1 Å². The average Bonchev–Trinajstić information content (AvgIpc) is 0.914. The number of hydrogen-bond donors (Lipinski definition) is 7. The predicted molar refractivity (Wildman–Crippen MR) is 379 cm³/mol. The third-order valence-electron chi connectivity index (χ3n) is 21.4. The van der Waals surface area contributed by atoms with Crippen molar-refractivity contribution in [2.24, 2.45) is 22.7 Å². The summed E-state index contributed by atoms with van der Waals surface area (Å²) in [6, 6.07) is 18.6. The molecule has 0 unspecified atom stereocenters. The van der Waals surface area contributed by atoms with Crippen molar-refractivity contribution in [2.45, 2.75) is 168 Å². The molecule has 25 heteroatoms.